The zero-order chi connectivity index (χ0) is 23.9. The summed E-state index contributed by atoms with van der Waals surface area (Å²) in [7, 11) is 0. The summed E-state index contributed by atoms with van der Waals surface area (Å²) in [6, 6.07) is 4.65. The van der Waals surface area contributed by atoms with Crippen LogP contribution in [0.3, 0.4) is 0 Å². The molecule has 0 amide bonds. The third-order valence-electron chi connectivity index (χ3n) is 5.86. The van der Waals surface area contributed by atoms with Crippen LogP contribution in [0.1, 0.15) is 49.1 Å². The van der Waals surface area contributed by atoms with Crippen molar-refractivity contribution in [3.05, 3.63) is 64.2 Å². The highest BCUT2D eigenvalue weighted by Gasteiger charge is 2.40. The van der Waals surface area contributed by atoms with Crippen molar-refractivity contribution in [1.29, 1.82) is 0 Å². The van der Waals surface area contributed by atoms with Crippen molar-refractivity contribution >= 4 is 12.0 Å². The lowest BCUT2D eigenvalue weighted by Crippen LogP contribution is -2.48. The highest BCUT2D eigenvalue weighted by Crippen LogP contribution is 2.45. The van der Waals surface area contributed by atoms with Gasteiger partial charge in [0.15, 0.2) is 11.5 Å². The first kappa shape index (κ1) is 23.2. The number of ether oxygens (including phenoxy) is 2. The van der Waals surface area contributed by atoms with Crippen molar-refractivity contribution in [3.63, 3.8) is 0 Å². The molecule has 2 aliphatic rings. The van der Waals surface area contributed by atoms with Crippen molar-refractivity contribution < 1.29 is 32.5 Å². The Morgan fingerprint density at radius 1 is 1.15 bits per heavy atom. The number of benzene rings is 2. The average Bonchev–Trinajstić information content (AvgIpc) is 2.71. The molecule has 176 valence electrons. The van der Waals surface area contributed by atoms with E-state index in [4.69, 9.17) is 14.6 Å². The van der Waals surface area contributed by atoms with Crippen molar-refractivity contribution in [2.75, 3.05) is 19.8 Å². The third-order valence-corrected chi connectivity index (χ3v) is 5.86. The van der Waals surface area contributed by atoms with Crippen LogP contribution in [0.5, 0.6) is 11.5 Å². The Morgan fingerprint density at radius 3 is 2.33 bits per heavy atom. The van der Waals surface area contributed by atoms with Crippen LogP contribution < -0.4 is 9.47 Å². The van der Waals surface area contributed by atoms with Gasteiger partial charge in [0.25, 0.3) is 0 Å². The molecule has 0 spiro atoms. The molecule has 4 rings (SSSR count). The van der Waals surface area contributed by atoms with Crippen LogP contribution in [0.2, 0.25) is 0 Å². The number of halogens is 3. The maximum Gasteiger partial charge on any atom is 0.328 e. The molecule has 0 radical (unpaired) electrons. The lowest BCUT2D eigenvalue weighted by atomic mass is 9.83. The van der Waals surface area contributed by atoms with Gasteiger partial charge in [0.05, 0.1) is 6.04 Å². The molecule has 0 bridgehead atoms. The molecular formula is C25H26F3NO4. The Bertz CT molecular complexity index is 1090. The summed E-state index contributed by atoms with van der Waals surface area (Å²) >= 11 is 0. The molecule has 8 heteroatoms. The van der Waals surface area contributed by atoms with Gasteiger partial charge in [-0.2, -0.15) is 0 Å². The smallest absolute Gasteiger partial charge is 0.328 e. The SMILES string of the molecule is CC1Cc2cc3c(cc2C(c2c(F)cc(/C=C/C(=O)O)cc2F)N1CC(C)(C)F)OCCO3. The van der Waals surface area contributed by atoms with Crippen molar-refractivity contribution in [2.24, 2.45) is 0 Å². The summed E-state index contributed by atoms with van der Waals surface area (Å²) in [6.45, 7) is 5.51. The van der Waals surface area contributed by atoms with E-state index in [1.165, 1.54) is 13.8 Å². The fourth-order valence-electron chi connectivity index (χ4n) is 4.58. The van der Waals surface area contributed by atoms with Gasteiger partial charge in [0.2, 0.25) is 0 Å². The molecule has 5 nitrogen and oxygen atoms in total. The predicted molar refractivity (Wildman–Crippen MR) is 117 cm³/mol. The molecule has 2 aromatic rings. The van der Waals surface area contributed by atoms with E-state index in [1.807, 2.05) is 13.0 Å². The van der Waals surface area contributed by atoms with Crippen LogP contribution in [0.15, 0.2) is 30.3 Å². The second-order valence-electron chi connectivity index (χ2n) is 9.11. The molecule has 0 aromatic heterocycles. The zero-order valence-electron chi connectivity index (χ0n) is 18.7. The standard InChI is InChI=1S/C25H26F3NO4/c1-14-8-16-11-20-21(33-7-6-32-20)12-17(16)24(29(14)13-25(2,3)28)23-18(26)9-15(10-19(23)27)4-5-22(30)31/h4-5,9-12,14,24H,6-8,13H2,1-3H3,(H,30,31)/b5-4+. The maximum atomic E-state index is 15.4. The highest BCUT2D eigenvalue weighted by molar-refractivity contribution is 5.85. The van der Waals surface area contributed by atoms with Gasteiger partial charge < -0.3 is 14.6 Å². The lowest BCUT2D eigenvalue weighted by molar-refractivity contribution is -0.131. The molecule has 0 saturated heterocycles. The molecule has 2 heterocycles. The molecule has 0 saturated carbocycles. The van der Waals surface area contributed by atoms with Gasteiger partial charge in [0, 0.05) is 24.2 Å². The normalized spacial score (nSPS) is 20.7. The number of carboxylic acids is 1. The zero-order valence-corrected chi connectivity index (χ0v) is 18.7. The first-order valence-corrected chi connectivity index (χ1v) is 10.8. The third kappa shape index (κ3) is 4.85. The van der Waals surface area contributed by atoms with Gasteiger partial charge >= 0.3 is 5.97 Å². The molecule has 2 atom stereocenters. The molecule has 2 aromatic carbocycles. The van der Waals surface area contributed by atoms with Gasteiger partial charge in [-0.1, -0.05) is 0 Å². The minimum absolute atomic E-state index is 0.0355. The summed E-state index contributed by atoms with van der Waals surface area (Å²) in [5, 5.41) is 8.81. The first-order chi connectivity index (χ1) is 15.5. The second kappa shape index (κ2) is 8.74. The molecular weight excluding hydrogens is 435 g/mol. The fraction of sp³-hybridized carbons (Fsp3) is 0.400. The van der Waals surface area contributed by atoms with Crippen LogP contribution in [0, 0.1) is 11.6 Å². The van der Waals surface area contributed by atoms with Crippen molar-refractivity contribution in [2.45, 2.75) is 44.9 Å². The Labute approximate surface area is 190 Å². The van der Waals surface area contributed by atoms with E-state index in [2.05, 4.69) is 0 Å². The van der Waals surface area contributed by atoms with E-state index < -0.39 is 29.3 Å². The lowest BCUT2D eigenvalue weighted by Gasteiger charge is -2.44. The number of fused-ring (bicyclic) bond motifs is 2. The van der Waals surface area contributed by atoms with Crippen LogP contribution >= 0.6 is 0 Å². The summed E-state index contributed by atoms with van der Waals surface area (Å²) in [5.41, 5.74) is -0.239. The van der Waals surface area contributed by atoms with Crippen molar-refractivity contribution in [1.82, 2.24) is 4.90 Å². The van der Waals surface area contributed by atoms with E-state index in [0.29, 0.717) is 36.7 Å². The van der Waals surface area contributed by atoms with Crippen LogP contribution in [0.4, 0.5) is 13.2 Å². The number of hydrogen-bond donors (Lipinski definition) is 1. The number of aliphatic carboxylic acids is 1. The summed E-state index contributed by atoms with van der Waals surface area (Å²) in [6.07, 6.45) is 2.49. The van der Waals surface area contributed by atoms with Gasteiger partial charge in [-0.25, -0.2) is 18.0 Å². The Balaban J connectivity index is 1.88. The van der Waals surface area contributed by atoms with Crippen LogP contribution in [-0.4, -0.2) is 47.4 Å². The van der Waals surface area contributed by atoms with Gasteiger partial charge in [-0.3, -0.25) is 4.90 Å². The largest absolute Gasteiger partial charge is 0.486 e. The predicted octanol–water partition coefficient (Wildman–Crippen LogP) is 4.92. The minimum Gasteiger partial charge on any atom is -0.486 e. The highest BCUT2D eigenvalue weighted by atomic mass is 19.1. The van der Waals surface area contributed by atoms with Gasteiger partial charge in [0.1, 0.15) is 30.5 Å². The van der Waals surface area contributed by atoms with E-state index >= 15 is 8.78 Å². The minimum atomic E-state index is -1.60. The summed E-state index contributed by atoms with van der Waals surface area (Å²) < 4.78 is 56.9. The van der Waals surface area contributed by atoms with Gasteiger partial charge in [-0.05, 0) is 74.2 Å². The van der Waals surface area contributed by atoms with Crippen LogP contribution in [0.25, 0.3) is 6.08 Å². The van der Waals surface area contributed by atoms with E-state index in [0.717, 1.165) is 29.8 Å². The van der Waals surface area contributed by atoms with E-state index in [9.17, 15) is 9.18 Å². The number of carbonyl (C=O) groups is 1. The number of alkyl halides is 1. The van der Waals surface area contributed by atoms with Crippen LogP contribution in [-0.2, 0) is 11.2 Å². The Morgan fingerprint density at radius 2 is 1.76 bits per heavy atom. The van der Waals surface area contributed by atoms with Crippen molar-refractivity contribution in [3.8, 4) is 11.5 Å². The number of rotatable bonds is 5. The fourth-order valence-corrected chi connectivity index (χ4v) is 4.58. The second-order valence-corrected chi connectivity index (χ2v) is 9.11. The van der Waals surface area contributed by atoms with Gasteiger partial charge in [-0.15, -0.1) is 0 Å². The number of nitrogens with zero attached hydrogens (tertiary/aromatic N) is 1. The summed E-state index contributed by atoms with van der Waals surface area (Å²) in [5.74, 6) is -1.82. The summed E-state index contributed by atoms with van der Waals surface area (Å²) in [4.78, 5) is 12.6. The first-order valence-electron chi connectivity index (χ1n) is 10.8. The maximum absolute atomic E-state index is 15.4. The molecule has 1 N–H and O–H groups in total. The topological polar surface area (TPSA) is 59.0 Å². The monoisotopic (exact) mass is 461 g/mol. The average molecular weight is 461 g/mol. The molecule has 2 unspecified atom stereocenters. The Hall–Kier alpha value is -3.00. The molecule has 33 heavy (non-hydrogen) atoms. The Kier molecular flexibility index (Phi) is 6.14. The number of carboxylic acid groups (broad SMARTS) is 1. The van der Waals surface area contributed by atoms with E-state index in [-0.39, 0.29) is 23.7 Å². The molecule has 2 aliphatic heterocycles. The van der Waals surface area contributed by atoms with E-state index in [1.54, 1.807) is 11.0 Å². The quantitative estimate of drug-likeness (QED) is 0.641. The molecule has 0 fully saturated rings. The molecule has 0 aliphatic carbocycles. The number of hydrogen-bond acceptors (Lipinski definition) is 4.